The molecule has 3 rings (SSSR count). The van der Waals surface area contributed by atoms with Crippen molar-refractivity contribution in [3.8, 4) is 0 Å². The largest absolute Gasteiger partial charge is 0.351 e. The molecule has 24 heavy (non-hydrogen) atoms. The first-order valence-electron chi connectivity index (χ1n) is 7.57. The van der Waals surface area contributed by atoms with E-state index >= 15 is 0 Å². The van der Waals surface area contributed by atoms with Crippen LogP contribution in [0.5, 0.6) is 0 Å². The molecular weight excluding hydrogens is 322 g/mol. The van der Waals surface area contributed by atoms with Gasteiger partial charge in [-0.3, -0.25) is 14.2 Å². The van der Waals surface area contributed by atoms with Gasteiger partial charge in [-0.2, -0.15) is 0 Å². The fraction of sp³-hybridized carbons (Fsp3) is 0.167. The summed E-state index contributed by atoms with van der Waals surface area (Å²) in [5, 5.41) is 3.41. The number of para-hydroxylation sites is 2. The summed E-state index contributed by atoms with van der Waals surface area (Å²) in [7, 11) is 0. The lowest BCUT2D eigenvalue weighted by molar-refractivity contribution is -0.118. The minimum Gasteiger partial charge on any atom is -0.351 e. The Morgan fingerprint density at radius 3 is 2.54 bits per heavy atom. The third kappa shape index (κ3) is 3.65. The van der Waals surface area contributed by atoms with Crippen molar-refractivity contribution in [1.82, 2.24) is 14.9 Å². The van der Waals surface area contributed by atoms with Crippen LogP contribution in [0.1, 0.15) is 17.3 Å². The zero-order valence-electron chi connectivity index (χ0n) is 13.2. The van der Waals surface area contributed by atoms with E-state index < -0.39 is 0 Å². The van der Waals surface area contributed by atoms with E-state index in [1.165, 1.54) is 18.7 Å². The molecule has 0 aliphatic carbocycles. The molecule has 0 fully saturated rings. The Hall–Kier alpha value is -2.60. The summed E-state index contributed by atoms with van der Waals surface area (Å²) >= 11 is 1.26. The summed E-state index contributed by atoms with van der Waals surface area (Å²) < 4.78 is 1.55. The smallest absolute Gasteiger partial charge is 0.230 e. The standard InChI is InChI=1S/C18H17N3O2S/c1-13(22)21-16-10-6-5-9-15(16)20-18(21)24-12-17(23)19-11-14-7-3-2-4-8-14/h2-10H,11-12H2,1H3,(H,19,23). The quantitative estimate of drug-likeness (QED) is 0.726. The van der Waals surface area contributed by atoms with Crippen molar-refractivity contribution >= 4 is 34.6 Å². The Kier molecular flexibility index (Phi) is 4.96. The Labute approximate surface area is 144 Å². The third-order valence-corrected chi connectivity index (χ3v) is 4.45. The maximum atomic E-state index is 12.0. The Balaban J connectivity index is 1.66. The van der Waals surface area contributed by atoms with Crippen molar-refractivity contribution in [3.63, 3.8) is 0 Å². The lowest BCUT2D eigenvalue weighted by atomic mass is 10.2. The summed E-state index contributed by atoms with van der Waals surface area (Å²) in [6.07, 6.45) is 0. The second-order valence-electron chi connectivity index (χ2n) is 5.29. The summed E-state index contributed by atoms with van der Waals surface area (Å²) in [5.74, 6) is 0.00517. The van der Waals surface area contributed by atoms with Gasteiger partial charge in [-0.05, 0) is 17.7 Å². The molecule has 3 aromatic rings. The minimum atomic E-state index is -0.115. The second-order valence-corrected chi connectivity index (χ2v) is 6.23. The molecule has 2 aromatic carbocycles. The first-order chi connectivity index (χ1) is 11.6. The molecule has 0 radical (unpaired) electrons. The number of carbonyl (C=O) groups is 2. The van der Waals surface area contributed by atoms with Gasteiger partial charge in [-0.25, -0.2) is 4.98 Å². The highest BCUT2D eigenvalue weighted by atomic mass is 32.2. The van der Waals surface area contributed by atoms with E-state index in [-0.39, 0.29) is 17.6 Å². The van der Waals surface area contributed by atoms with Crippen LogP contribution in [0, 0.1) is 0 Å². The molecule has 1 N–H and O–H groups in total. The van der Waals surface area contributed by atoms with Crippen LogP contribution in [0.25, 0.3) is 11.0 Å². The van der Waals surface area contributed by atoms with Crippen LogP contribution < -0.4 is 5.32 Å². The molecule has 1 heterocycles. The van der Waals surface area contributed by atoms with E-state index in [1.807, 2.05) is 54.6 Å². The summed E-state index contributed by atoms with van der Waals surface area (Å²) in [4.78, 5) is 28.4. The highest BCUT2D eigenvalue weighted by Crippen LogP contribution is 2.23. The fourth-order valence-corrected chi connectivity index (χ4v) is 3.26. The van der Waals surface area contributed by atoms with Gasteiger partial charge < -0.3 is 5.32 Å². The number of rotatable bonds is 5. The van der Waals surface area contributed by atoms with Crippen LogP contribution in [-0.2, 0) is 11.3 Å². The molecule has 0 saturated heterocycles. The minimum absolute atomic E-state index is 0.0917. The molecular formula is C18H17N3O2S. The number of nitrogens with zero attached hydrogens (tertiary/aromatic N) is 2. The number of fused-ring (bicyclic) bond motifs is 1. The monoisotopic (exact) mass is 339 g/mol. The number of hydrogen-bond acceptors (Lipinski definition) is 4. The number of carbonyl (C=O) groups excluding carboxylic acids is 2. The van der Waals surface area contributed by atoms with Crippen molar-refractivity contribution in [1.29, 1.82) is 0 Å². The zero-order chi connectivity index (χ0) is 16.9. The van der Waals surface area contributed by atoms with E-state index in [0.29, 0.717) is 11.7 Å². The number of amides is 1. The maximum absolute atomic E-state index is 12.0. The first kappa shape index (κ1) is 16.3. The lowest BCUT2D eigenvalue weighted by Crippen LogP contribution is -2.24. The van der Waals surface area contributed by atoms with Crippen molar-refractivity contribution in [2.24, 2.45) is 0 Å². The Morgan fingerprint density at radius 1 is 1.08 bits per heavy atom. The van der Waals surface area contributed by atoms with Crippen LogP contribution >= 0.6 is 11.8 Å². The van der Waals surface area contributed by atoms with Gasteiger partial charge in [0, 0.05) is 13.5 Å². The van der Waals surface area contributed by atoms with Gasteiger partial charge >= 0.3 is 0 Å². The van der Waals surface area contributed by atoms with Crippen LogP contribution in [0.15, 0.2) is 59.8 Å². The maximum Gasteiger partial charge on any atom is 0.230 e. The van der Waals surface area contributed by atoms with Gasteiger partial charge in [-0.15, -0.1) is 0 Å². The van der Waals surface area contributed by atoms with Crippen molar-refractivity contribution in [2.75, 3.05) is 5.75 Å². The van der Waals surface area contributed by atoms with Crippen molar-refractivity contribution in [3.05, 3.63) is 60.2 Å². The SMILES string of the molecule is CC(=O)n1c(SCC(=O)NCc2ccccc2)nc2ccccc21. The summed E-state index contributed by atoms with van der Waals surface area (Å²) in [5.41, 5.74) is 2.56. The molecule has 5 nitrogen and oxygen atoms in total. The number of aromatic nitrogens is 2. The van der Waals surface area contributed by atoms with E-state index in [2.05, 4.69) is 10.3 Å². The van der Waals surface area contributed by atoms with Gasteiger partial charge in [0.1, 0.15) is 0 Å². The van der Waals surface area contributed by atoms with Gasteiger partial charge in [-0.1, -0.05) is 54.2 Å². The number of thioether (sulfide) groups is 1. The van der Waals surface area contributed by atoms with Crippen LogP contribution in [0.2, 0.25) is 0 Å². The molecule has 0 bridgehead atoms. The fourth-order valence-electron chi connectivity index (χ4n) is 2.38. The third-order valence-electron chi connectivity index (χ3n) is 3.51. The van der Waals surface area contributed by atoms with Gasteiger partial charge in [0.25, 0.3) is 0 Å². The molecule has 0 atom stereocenters. The average molecular weight is 339 g/mol. The molecule has 0 unspecified atom stereocenters. The number of nitrogens with one attached hydrogen (secondary N) is 1. The molecule has 1 aromatic heterocycles. The number of hydrogen-bond donors (Lipinski definition) is 1. The Morgan fingerprint density at radius 2 is 1.79 bits per heavy atom. The lowest BCUT2D eigenvalue weighted by Gasteiger charge is -2.06. The van der Waals surface area contributed by atoms with Crippen molar-refractivity contribution in [2.45, 2.75) is 18.6 Å². The van der Waals surface area contributed by atoms with E-state index in [0.717, 1.165) is 16.6 Å². The Bertz CT molecular complexity index is 874. The normalized spacial score (nSPS) is 10.7. The van der Waals surface area contributed by atoms with Crippen LogP contribution in [-0.4, -0.2) is 27.1 Å². The zero-order valence-corrected chi connectivity index (χ0v) is 14.0. The topological polar surface area (TPSA) is 64.0 Å². The van der Waals surface area contributed by atoms with E-state index in [1.54, 1.807) is 4.57 Å². The van der Waals surface area contributed by atoms with Crippen LogP contribution in [0.3, 0.4) is 0 Å². The van der Waals surface area contributed by atoms with E-state index in [9.17, 15) is 9.59 Å². The molecule has 0 saturated carbocycles. The molecule has 0 aliphatic heterocycles. The number of imidazole rings is 1. The van der Waals surface area contributed by atoms with Gasteiger partial charge in [0.15, 0.2) is 5.16 Å². The molecule has 1 amide bonds. The van der Waals surface area contributed by atoms with Gasteiger partial charge in [0.2, 0.25) is 11.8 Å². The number of benzene rings is 2. The predicted molar refractivity (Wildman–Crippen MR) is 95.0 cm³/mol. The molecule has 0 aliphatic rings. The highest BCUT2D eigenvalue weighted by Gasteiger charge is 2.15. The van der Waals surface area contributed by atoms with E-state index in [4.69, 9.17) is 0 Å². The first-order valence-corrected chi connectivity index (χ1v) is 8.55. The van der Waals surface area contributed by atoms with Crippen molar-refractivity contribution < 1.29 is 9.59 Å². The molecule has 0 spiro atoms. The van der Waals surface area contributed by atoms with Gasteiger partial charge in [0.05, 0.1) is 16.8 Å². The second kappa shape index (κ2) is 7.31. The predicted octanol–water partition coefficient (Wildman–Crippen LogP) is 3.10. The summed E-state index contributed by atoms with van der Waals surface area (Å²) in [6, 6.07) is 17.2. The summed E-state index contributed by atoms with van der Waals surface area (Å²) in [6.45, 7) is 1.98. The average Bonchev–Trinajstić information content (AvgIpc) is 2.97. The molecule has 122 valence electrons. The van der Waals surface area contributed by atoms with Crippen LogP contribution in [0.4, 0.5) is 0 Å². The molecule has 6 heteroatoms. The highest BCUT2D eigenvalue weighted by molar-refractivity contribution is 7.99.